The molecule has 1 fully saturated rings. The maximum absolute atomic E-state index is 12.1. The number of ether oxygens (including phenoxy) is 1. The number of rotatable bonds is 2. The standard InChI is InChI=1S/C14H17BrN2O3/c1-20-14(19)17-8-6-12(7-9-17)16-13(18)10-2-4-11(15)5-3-10/h2-5,12H,6-9H2,1H3,(H,16,18). The zero-order valence-corrected chi connectivity index (χ0v) is 12.9. The number of halogens is 1. The van der Waals surface area contributed by atoms with E-state index in [9.17, 15) is 9.59 Å². The highest BCUT2D eigenvalue weighted by molar-refractivity contribution is 9.10. The van der Waals surface area contributed by atoms with E-state index < -0.39 is 0 Å². The molecule has 20 heavy (non-hydrogen) atoms. The minimum atomic E-state index is -0.303. The normalized spacial score (nSPS) is 15.8. The Bertz CT molecular complexity index is 482. The van der Waals surface area contributed by atoms with Crippen LogP contribution < -0.4 is 5.32 Å². The van der Waals surface area contributed by atoms with Gasteiger partial charge in [-0.15, -0.1) is 0 Å². The molecule has 2 rings (SSSR count). The highest BCUT2D eigenvalue weighted by Crippen LogP contribution is 2.14. The number of hydrogen-bond donors (Lipinski definition) is 1. The van der Waals surface area contributed by atoms with Gasteiger partial charge in [-0.1, -0.05) is 15.9 Å². The number of carbonyl (C=O) groups excluding carboxylic acids is 2. The summed E-state index contributed by atoms with van der Waals surface area (Å²) in [6.07, 6.45) is 1.19. The summed E-state index contributed by atoms with van der Waals surface area (Å²) in [6, 6.07) is 7.35. The average Bonchev–Trinajstić information content (AvgIpc) is 2.48. The third-order valence-corrected chi connectivity index (χ3v) is 3.90. The van der Waals surface area contributed by atoms with Crippen LogP contribution in [0.1, 0.15) is 23.2 Å². The zero-order chi connectivity index (χ0) is 14.5. The molecule has 0 saturated carbocycles. The molecule has 0 unspecified atom stereocenters. The van der Waals surface area contributed by atoms with E-state index in [0.29, 0.717) is 18.7 Å². The summed E-state index contributed by atoms with van der Waals surface area (Å²) >= 11 is 3.34. The predicted octanol–water partition coefficient (Wildman–Crippen LogP) is 2.41. The topological polar surface area (TPSA) is 58.6 Å². The third kappa shape index (κ3) is 3.72. The SMILES string of the molecule is COC(=O)N1CCC(NC(=O)c2ccc(Br)cc2)CC1. The molecule has 6 heteroatoms. The number of carbonyl (C=O) groups is 2. The Morgan fingerprint density at radius 1 is 1.25 bits per heavy atom. The lowest BCUT2D eigenvalue weighted by atomic mass is 10.0. The van der Waals surface area contributed by atoms with Crippen molar-refractivity contribution in [2.24, 2.45) is 0 Å². The Morgan fingerprint density at radius 2 is 1.85 bits per heavy atom. The Balaban J connectivity index is 1.85. The summed E-state index contributed by atoms with van der Waals surface area (Å²) in [5, 5.41) is 3.00. The summed E-state index contributed by atoms with van der Waals surface area (Å²) < 4.78 is 5.63. The molecule has 5 nitrogen and oxygen atoms in total. The van der Waals surface area contributed by atoms with Gasteiger partial charge in [-0.2, -0.15) is 0 Å². The fraction of sp³-hybridized carbons (Fsp3) is 0.429. The van der Waals surface area contributed by atoms with E-state index in [2.05, 4.69) is 26.0 Å². The molecule has 1 saturated heterocycles. The minimum Gasteiger partial charge on any atom is -0.453 e. The highest BCUT2D eigenvalue weighted by atomic mass is 79.9. The van der Waals surface area contributed by atoms with Gasteiger partial charge >= 0.3 is 6.09 Å². The Hall–Kier alpha value is -1.56. The second-order valence-electron chi connectivity index (χ2n) is 4.71. The van der Waals surface area contributed by atoms with Crippen molar-refractivity contribution >= 4 is 27.9 Å². The lowest BCUT2D eigenvalue weighted by Gasteiger charge is -2.31. The van der Waals surface area contributed by atoms with Gasteiger partial charge < -0.3 is 15.0 Å². The molecule has 1 aliphatic rings. The number of methoxy groups -OCH3 is 1. The number of piperidine rings is 1. The number of likely N-dealkylation sites (tertiary alicyclic amines) is 1. The average molecular weight is 341 g/mol. The maximum atomic E-state index is 12.1. The molecular weight excluding hydrogens is 324 g/mol. The van der Waals surface area contributed by atoms with Crippen LogP contribution in [0.15, 0.2) is 28.7 Å². The van der Waals surface area contributed by atoms with Gasteiger partial charge in [-0.05, 0) is 37.1 Å². The van der Waals surface area contributed by atoms with E-state index in [4.69, 9.17) is 0 Å². The largest absolute Gasteiger partial charge is 0.453 e. The molecule has 0 radical (unpaired) electrons. The molecule has 0 atom stereocenters. The van der Waals surface area contributed by atoms with Crippen molar-refractivity contribution in [3.8, 4) is 0 Å². The zero-order valence-electron chi connectivity index (χ0n) is 11.3. The Kier molecular flexibility index (Phi) is 5.00. The van der Waals surface area contributed by atoms with Crippen molar-refractivity contribution in [3.63, 3.8) is 0 Å². The summed E-state index contributed by atoms with van der Waals surface area (Å²) in [7, 11) is 1.38. The van der Waals surface area contributed by atoms with E-state index in [1.165, 1.54) is 7.11 Å². The lowest BCUT2D eigenvalue weighted by molar-refractivity contribution is 0.0892. The van der Waals surface area contributed by atoms with Gasteiger partial charge in [0, 0.05) is 29.2 Å². The van der Waals surface area contributed by atoms with Crippen LogP contribution in [0.4, 0.5) is 4.79 Å². The third-order valence-electron chi connectivity index (χ3n) is 3.37. The van der Waals surface area contributed by atoms with E-state index in [1.54, 1.807) is 17.0 Å². The van der Waals surface area contributed by atoms with Gasteiger partial charge in [0.05, 0.1) is 7.11 Å². The molecule has 0 spiro atoms. The number of hydrogen-bond acceptors (Lipinski definition) is 3. The second-order valence-corrected chi connectivity index (χ2v) is 5.63. The fourth-order valence-corrected chi connectivity index (χ4v) is 2.47. The van der Waals surface area contributed by atoms with E-state index >= 15 is 0 Å². The lowest BCUT2D eigenvalue weighted by Crippen LogP contribution is -2.46. The van der Waals surface area contributed by atoms with Gasteiger partial charge in [0.2, 0.25) is 0 Å². The molecule has 108 valence electrons. The number of nitrogens with one attached hydrogen (secondary N) is 1. The number of amides is 2. The highest BCUT2D eigenvalue weighted by Gasteiger charge is 2.24. The smallest absolute Gasteiger partial charge is 0.409 e. The van der Waals surface area contributed by atoms with Crippen molar-refractivity contribution in [2.75, 3.05) is 20.2 Å². The Labute approximate surface area is 126 Å². The molecule has 1 aromatic carbocycles. The molecular formula is C14H17BrN2O3. The van der Waals surface area contributed by atoms with Crippen LogP contribution >= 0.6 is 15.9 Å². The van der Waals surface area contributed by atoms with Crippen LogP contribution in [-0.2, 0) is 4.74 Å². The first-order valence-electron chi connectivity index (χ1n) is 6.49. The molecule has 0 aliphatic carbocycles. The van der Waals surface area contributed by atoms with Gasteiger partial charge in [0.25, 0.3) is 5.91 Å². The van der Waals surface area contributed by atoms with E-state index in [1.807, 2.05) is 12.1 Å². The Morgan fingerprint density at radius 3 is 2.40 bits per heavy atom. The van der Waals surface area contributed by atoms with Crippen LogP contribution in [0.25, 0.3) is 0 Å². The van der Waals surface area contributed by atoms with E-state index in [-0.39, 0.29) is 18.0 Å². The van der Waals surface area contributed by atoms with Crippen LogP contribution in [0.5, 0.6) is 0 Å². The monoisotopic (exact) mass is 340 g/mol. The number of benzene rings is 1. The molecule has 2 amide bonds. The first kappa shape index (κ1) is 14.8. The van der Waals surface area contributed by atoms with Crippen molar-refractivity contribution in [1.29, 1.82) is 0 Å². The van der Waals surface area contributed by atoms with E-state index in [0.717, 1.165) is 17.3 Å². The van der Waals surface area contributed by atoms with Crippen molar-refractivity contribution < 1.29 is 14.3 Å². The van der Waals surface area contributed by atoms with Crippen LogP contribution in [-0.4, -0.2) is 43.1 Å². The van der Waals surface area contributed by atoms with Crippen LogP contribution in [0.3, 0.4) is 0 Å². The first-order chi connectivity index (χ1) is 9.60. The second kappa shape index (κ2) is 6.74. The van der Waals surface area contributed by atoms with Crippen molar-refractivity contribution in [3.05, 3.63) is 34.3 Å². The van der Waals surface area contributed by atoms with Gasteiger partial charge in [0.15, 0.2) is 0 Å². The molecule has 1 aromatic rings. The predicted molar refractivity (Wildman–Crippen MR) is 78.6 cm³/mol. The fourth-order valence-electron chi connectivity index (χ4n) is 2.21. The first-order valence-corrected chi connectivity index (χ1v) is 7.29. The van der Waals surface area contributed by atoms with Crippen LogP contribution in [0.2, 0.25) is 0 Å². The minimum absolute atomic E-state index is 0.0750. The number of nitrogens with zero attached hydrogens (tertiary/aromatic N) is 1. The summed E-state index contributed by atoms with van der Waals surface area (Å²) in [5.41, 5.74) is 0.642. The van der Waals surface area contributed by atoms with Crippen molar-refractivity contribution in [2.45, 2.75) is 18.9 Å². The maximum Gasteiger partial charge on any atom is 0.409 e. The molecule has 1 N–H and O–H groups in total. The molecule has 0 bridgehead atoms. The van der Waals surface area contributed by atoms with Gasteiger partial charge in [-0.3, -0.25) is 4.79 Å². The summed E-state index contributed by atoms with van der Waals surface area (Å²) in [6.45, 7) is 1.22. The van der Waals surface area contributed by atoms with Crippen molar-refractivity contribution in [1.82, 2.24) is 10.2 Å². The quantitative estimate of drug-likeness (QED) is 0.899. The van der Waals surface area contributed by atoms with Gasteiger partial charge in [0.1, 0.15) is 0 Å². The molecule has 1 heterocycles. The summed E-state index contributed by atoms with van der Waals surface area (Å²) in [4.78, 5) is 25.1. The van der Waals surface area contributed by atoms with Crippen LogP contribution in [0, 0.1) is 0 Å². The van der Waals surface area contributed by atoms with Gasteiger partial charge in [-0.25, -0.2) is 4.79 Å². The molecule has 0 aromatic heterocycles. The summed E-state index contributed by atoms with van der Waals surface area (Å²) in [5.74, 6) is -0.0750. The molecule has 1 aliphatic heterocycles.